The van der Waals surface area contributed by atoms with E-state index in [9.17, 15) is 4.79 Å². The summed E-state index contributed by atoms with van der Waals surface area (Å²) in [6, 6.07) is 13.1. The first-order chi connectivity index (χ1) is 17.4. The maximum absolute atomic E-state index is 13.0. The topological polar surface area (TPSA) is 87.5 Å². The molecule has 1 aromatic heterocycles. The van der Waals surface area contributed by atoms with Gasteiger partial charge in [0.05, 0.1) is 19.3 Å². The van der Waals surface area contributed by atoms with E-state index in [2.05, 4.69) is 33.2 Å². The molecule has 190 valence electrons. The highest BCUT2D eigenvalue weighted by molar-refractivity contribution is 9.10. The van der Waals surface area contributed by atoms with Gasteiger partial charge < -0.3 is 19.5 Å². The van der Waals surface area contributed by atoms with E-state index in [1.165, 1.54) is 0 Å². The van der Waals surface area contributed by atoms with Crippen LogP contribution in [0, 0.1) is 0 Å². The number of hydrogen-bond acceptors (Lipinski definition) is 8. The highest BCUT2D eigenvalue weighted by atomic mass is 79.9. The number of rotatable bonds is 10. The van der Waals surface area contributed by atoms with Gasteiger partial charge in [0.25, 0.3) is 0 Å². The van der Waals surface area contributed by atoms with Gasteiger partial charge in [-0.2, -0.15) is 4.98 Å². The molecule has 2 aromatic carbocycles. The number of carbonyl (C=O) groups is 1. The number of halogens is 1. The monoisotopic (exact) mass is 572 g/mol. The van der Waals surface area contributed by atoms with Crippen LogP contribution in [0.5, 0.6) is 11.5 Å². The Labute approximate surface area is 223 Å². The van der Waals surface area contributed by atoms with Crippen molar-refractivity contribution in [3.63, 3.8) is 0 Å². The second-order valence-corrected chi connectivity index (χ2v) is 10.1. The normalized spacial score (nSPS) is 14.8. The molecule has 1 unspecified atom stereocenters. The molecule has 1 N–H and O–H groups in total. The van der Waals surface area contributed by atoms with Crippen LogP contribution in [-0.4, -0.2) is 40.2 Å². The van der Waals surface area contributed by atoms with Crippen molar-refractivity contribution in [3.05, 3.63) is 69.3 Å². The summed E-state index contributed by atoms with van der Waals surface area (Å²) in [4.78, 5) is 17.7. The lowest BCUT2D eigenvalue weighted by Crippen LogP contribution is -2.29. The zero-order valence-corrected chi connectivity index (χ0v) is 23.1. The maximum atomic E-state index is 13.0. The average Bonchev–Trinajstić information content (AvgIpc) is 3.27. The Balaban J connectivity index is 1.70. The summed E-state index contributed by atoms with van der Waals surface area (Å²) in [6.07, 6.45) is 1.01. The summed E-state index contributed by atoms with van der Waals surface area (Å²) in [7, 11) is 1.60. The molecule has 1 aliphatic heterocycles. The van der Waals surface area contributed by atoms with Crippen LogP contribution < -0.4 is 14.8 Å². The minimum atomic E-state index is -0.531. The van der Waals surface area contributed by atoms with Gasteiger partial charge in [0.1, 0.15) is 12.6 Å². The third-order valence-electron chi connectivity index (χ3n) is 5.55. The van der Waals surface area contributed by atoms with Crippen molar-refractivity contribution in [1.29, 1.82) is 0 Å². The lowest BCUT2D eigenvalue weighted by molar-refractivity contribution is -0.139. The SMILES string of the molecule is CCCSc1nc2n(n1)C(c1ccc(OCc3cccc(Br)c3)c(OC)c1)C(C(=O)OCC)=C(C)N2. The molecule has 0 fully saturated rings. The molecule has 8 nitrogen and oxygen atoms in total. The Morgan fingerprint density at radius 3 is 2.75 bits per heavy atom. The smallest absolute Gasteiger partial charge is 0.338 e. The minimum absolute atomic E-state index is 0.274. The summed E-state index contributed by atoms with van der Waals surface area (Å²) >= 11 is 5.07. The van der Waals surface area contributed by atoms with E-state index in [0.717, 1.165) is 27.8 Å². The molecule has 0 radical (unpaired) electrons. The largest absolute Gasteiger partial charge is 0.493 e. The fourth-order valence-corrected chi connectivity index (χ4v) is 5.06. The van der Waals surface area contributed by atoms with Crippen LogP contribution in [0.2, 0.25) is 0 Å². The van der Waals surface area contributed by atoms with Gasteiger partial charge >= 0.3 is 5.97 Å². The molecular formula is C26H29BrN4O4S. The lowest BCUT2D eigenvalue weighted by atomic mass is 9.95. The van der Waals surface area contributed by atoms with E-state index in [0.29, 0.717) is 40.5 Å². The van der Waals surface area contributed by atoms with E-state index >= 15 is 0 Å². The molecule has 0 bridgehead atoms. The van der Waals surface area contributed by atoms with Crippen molar-refractivity contribution in [2.45, 2.75) is 45.0 Å². The van der Waals surface area contributed by atoms with Crippen LogP contribution >= 0.6 is 27.7 Å². The number of nitrogens with one attached hydrogen (secondary N) is 1. The van der Waals surface area contributed by atoms with Crippen LogP contribution in [0.15, 0.2) is 63.4 Å². The Morgan fingerprint density at radius 1 is 1.19 bits per heavy atom. The molecule has 3 aromatic rings. The Kier molecular flexibility index (Phi) is 8.58. The van der Waals surface area contributed by atoms with Gasteiger partial charge in [-0.3, -0.25) is 0 Å². The molecule has 1 atom stereocenters. The number of hydrogen-bond donors (Lipinski definition) is 1. The standard InChI is InChI=1S/C26H29BrN4O4S/c1-5-12-36-26-29-25-28-16(3)22(24(32)34-6-2)23(31(25)30-26)18-10-11-20(21(14-18)33-4)35-15-17-8-7-9-19(27)13-17/h7-11,13-14,23H,5-6,12,15H2,1-4H3,(H,28,29,30). The van der Waals surface area contributed by atoms with E-state index in [1.807, 2.05) is 49.4 Å². The number of nitrogens with zero attached hydrogens (tertiary/aromatic N) is 3. The van der Waals surface area contributed by atoms with Gasteiger partial charge in [0, 0.05) is 15.9 Å². The van der Waals surface area contributed by atoms with Crippen molar-refractivity contribution in [3.8, 4) is 11.5 Å². The van der Waals surface area contributed by atoms with Crippen LogP contribution in [0.1, 0.15) is 44.4 Å². The van der Waals surface area contributed by atoms with Crippen molar-refractivity contribution in [2.75, 3.05) is 24.8 Å². The highest BCUT2D eigenvalue weighted by Gasteiger charge is 2.35. The van der Waals surface area contributed by atoms with Gasteiger partial charge in [-0.05, 0) is 55.7 Å². The zero-order valence-electron chi connectivity index (χ0n) is 20.7. The van der Waals surface area contributed by atoms with Crippen LogP contribution in [0.25, 0.3) is 0 Å². The number of benzene rings is 2. The third-order valence-corrected chi connectivity index (χ3v) is 7.09. The first kappa shape index (κ1) is 26.1. The van der Waals surface area contributed by atoms with Crippen molar-refractivity contribution < 1.29 is 19.0 Å². The molecule has 0 spiro atoms. The number of allylic oxidation sites excluding steroid dienone is 1. The molecular weight excluding hydrogens is 544 g/mol. The molecule has 0 saturated heterocycles. The average molecular weight is 574 g/mol. The first-order valence-electron chi connectivity index (χ1n) is 11.7. The number of methoxy groups -OCH3 is 1. The molecule has 2 heterocycles. The van der Waals surface area contributed by atoms with Gasteiger partial charge in [-0.25, -0.2) is 9.48 Å². The highest BCUT2D eigenvalue weighted by Crippen LogP contribution is 2.40. The Morgan fingerprint density at radius 2 is 2.03 bits per heavy atom. The molecule has 0 saturated carbocycles. The second-order valence-electron chi connectivity index (χ2n) is 8.13. The summed E-state index contributed by atoms with van der Waals surface area (Å²) in [5, 5.41) is 8.60. The van der Waals surface area contributed by atoms with E-state index < -0.39 is 12.0 Å². The Hall–Kier alpha value is -2.98. The van der Waals surface area contributed by atoms with E-state index in [1.54, 1.807) is 30.5 Å². The predicted molar refractivity (Wildman–Crippen MR) is 144 cm³/mol. The molecule has 0 amide bonds. The molecule has 4 rings (SSSR count). The fourth-order valence-electron chi connectivity index (χ4n) is 3.93. The van der Waals surface area contributed by atoms with E-state index in [-0.39, 0.29) is 6.61 Å². The summed E-state index contributed by atoms with van der Waals surface area (Å²) in [5.74, 6) is 2.25. The third kappa shape index (κ3) is 5.70. The lowest BCUT2D eigenvalue weighted by Gasteiger charge is -2.28. The number of thioether (sulfide) groups is 1. The molecule has 10 heteroatoms. The number of fused-ring (bicyclic) bond motifs is 1. The first-order valence-corrected chi connectivity index (χ1v) is 13.5. The van der Waals surface area contributed by atoms with Crippen molar-refractivity contribution in [2.24, 2.45) is 0 Å². The van der Waals surface area contributed by atoms with Gasteiger partial charge in [-0.15, -0.1) is 5.10 Å². The molecule has 1 aliphatic rings. The Bertz CT molecular complexity index is 1280. The summed E-state index contributed by atoms with van der Waals surface area (Å²) < 4.78 is 19.9. The van der Waals surface area contributed by atoms with Crippen molar-refractivity contribution >= 4 is 39.6 Å². The second kappa shape index (κ2) is 11.8. The number of esters is 1. The van der Waals surface area contributed by atoms with Crippen LogP contribution in [0.4, 0.5) is 5.95 Å². The zero-order chi connectivity index (χ0) is 25.7. The number of aromatic nitrogens is 3. The summed E-state index contributed by atoms with van der Waals surface area (Å²) in [5.41, 5.74) is 3.00. The number of anilines is 1. The number of ether oxygens (including phenoxy) is 3. The van der Waals surface area contributed by atoms with Gasteiger partial charge in [-0.1, -0.05) is 52.8 Å². The summed E-state index contributed by atoms with van der Waals surface area (Å²) in [6.45, 7) is 6.42. The quantitative estimate of drug-likeness (QED) is 0.234. The molecule has 36 heavy (non-hydrogen) atoms. The van der Waals surface area contributed by atoms with Crippen LogP contribution in [0.3, 0.4) is 0 Å². The van der Waals surface area contributed by atoms with Crippen molar-refractivity contribution in [1.82, 2.24) is 14.8 Å². The number of carbonyl (C=O) groups excluding carboxylic acids is 1. The van der Waals surface area contributed by atoms with Gasteiger partial charge in [0.2, 0.25) is 11.1 Å². The predicted octanol–water partition coefficient (Wildman–Crippen LogP) is 5.98. The minimum Gasteiger partial charge on any atom is -0.493 e. The fraction of sp³-hybridized carbons (Fsp3) is 0.346. The molecule has 0 aliphatic carbocycles. The maximum Gasteiger partial charge on any atom is 0.338 e. The van der Waals surface area contributed by atoms with Crippen LogP contribution in [-0.2, 0) is 16.1 Å². The van der Waals surface area contributed by atoms with E-state index in [4.69, 9.17) is 19.3 Å². The van der Waals surface area contributed by atoms with Gasteiger partial charge in [0.15, 0.2) is 11.5 Å².